The van der Waals surface area contributed by atoms with Crippen molar-refractivity contribution in [2.24, 2.45) is 0 Å². The SMILES string of the molecule is CCCCCCCCCCCCCC[N+](C)(C)Cc1cccc(Cl)c1Cl.[Cl-]. The van der Waals surface area contributed by atoms with Crippen molar-refractivity contribution in [3.63, 3.8) is 0 Å². The Labute approximate surface area is 184 Å². The van der Waals surface area contributed by atoms with Crippen molar-refractivity contribution in [2.45, 2.75) is 90.5 Å². The van der Waals surface area contributed by atoms with Crippen molar-refractivity contribution in [1.82, 2.24) is 0 Å². The van der Waals surface area contributed by atoms with Gasteiger partial charge < -0.3 is 16.9 Å². The highest BCUT2D eigenvalue weighted by Gasteiger charge is 2.18. The Kier molecular flexibility index (Phi) is 15.9. The zero-order chi connectivity index (χ0) is 19.3. The average molecular weight is 437 g/mol. The summed E-state index contributed by atoms with van der Waals surface area (Å²) in [5.41, 5.74) is 1.16. The molecule has 0 saturated heterocycles. The monoisotopic (exact) mass is 435 g/mol. The maximum atomic E-state index is 6.34. The van der Waals surface area contributed by atoms with Gasteiger partial charge in [0, 0.05) is 5.56 Å². The van der Waals surface area contributed by atoms with Crippen LogP contribution in [-0.4, -0.2) is 25.1 Å². The molecule has 0 heterocycles. The molecule has 4 heteroatoms. The maximum absolute atomic E-state index is 6.34. The normalized spacial score (nSPS) is 11.4. The molecular weight excluding hydrogens is 397 g/mol. The lowest BCUT2D eigenvalue weighted by molar-refractivity contribution is -0.903. The highest BCUT2D eigenvalue weighted by atomic mass is 35.5. The molecule has 0 aliphatic heterocycles. The van der Waals surface area contributed by atoms with E-state index in [4.69, 9.17) is 23.2 Å². The van der Waals surface area contributed by atoms with Gasteiger partial charge >= 0.3 is 0 Å². The summed E-state index contributed by atoms with van der Waals surface area (Å²) in [6, 6.07) is 5.95. The van der Waals surface area contributed by atoms with Gasteiger partial charge in [0.2, 0.25) is 0 Å². The number of hydrogen-bond acceptors (Lipinski definition) is 0. The van der Waals surface area contributed by atoms with E-state index in [0.717, 1.165) is 21.6 Å². The molecule has 0 spiro atoms. The predicted molar refractivity (Wildman–Crippen MR) is 118 cm³/mol. The van der Waals surface area contributed by atoms with Crippen LogP contribution in [0, 0.1) is 0 Å². The van der Waals surface area contributed by atoms with Crippen LogP contribution in [0.4, 0.5) is 0 Å². The number of benzene rings is 1. The molecule has 158 valence electrons. The van der Waals surface area contributed by atoms with Gasteiger partial charge in [0.1, 0.15) is 6.54 Å². The summed E-state index contributed by atoms with van der Waals surface area (Å²) < 4.78 is 0.970. The lowest BCUT2D eigenvalue weighted by Crippen LogP contribution is -3.00. The number of nitrogens with zero attached hydrogens (tertiary/aromatic N) is 1. The first-order chi connectivity index (χ1) is 12.5. The minimum atomic E-state index is 0. The fraction of sp³-hybridized carbons (Fsp3) is 0.739. The molecule has 0 aliphatic rings. The van der Waals surface area contributed by atoms with Crippen LogP contribution >= 0.6 is 23.2 Å². The smallest absolute Gasteiger partial charge is 0.105 e. The van der Waals surface area contributed by atoms with Gasteiger partial charge in [-0.1, -0.05) is 106 Å². The molecule has 1 nitrogen and oxygen atoms in total. The Morgan fingerprint density at radius 3 is 1.74 bits per heavy atom. The fourth-order valence-corrected chi connectivity index (χ4v) is 3.97. The molecule has 0 saturated carbocycles. The van der Waals surface area contributed by atoms with Gasteiger partial charge in [0.05, 0.1) is 30.7 Å². The zero-order valence-electron chi connectivity index (χ0n) is 17.7. The summed E-state index contributed by atoms with van der Waals surface area (Å²) in [5, 5.41) is 1.38. The van der Waals surface area contributed by atoms with Crippen LogP contribution in [0.3, 0.4) is 0 Å². The standard InChI is InChI=1S/C23H40Cl2N.ClH/c1-4-5-6-7-8-9-10-11-12-13-14-15-19-26(2,3)20-21-17-16-18-22(24)23(21)25;/h16-18H,4-15,19-20H2,1-3H3;1H/q+1;/p-1. The highest BCUT2D eigenvalue weighted by molar-refractivity contribution is 6.42. The van der Waals surface area contributed by atoms with Crippen molar-refractivity contribution in [3.05, 3.63) is 33.8 Å². The van der Waals surface area contributed by atoms with E-state index in [1.165, 1.54) is 83.6 Å². The third-order valence-corrected chi connectivity index (χ3v) is 6.10. The highest BCUT2D eigenvalue weighted by Crippen LogP contribution is 2.27. The summed E-state index contributed by atoms with van der Waals surface area (Å²) in [7, 11) is 4.57. The van der Waals surface area contributed by atoms with Gasteiger partial charge in [-0.15, -0.1) is 0 Å². The van der Waals surface area contributed by atoms with Crippen LogP contribution in [0.2, 0.25) is 10.0 Å². The molecule has 27 heavy (non-hydrogen) atoms. The molecule has 1 aromatic carbocycles. The fourth-order valence-electron chi connectivity index (χ4n) is 3.59. The molecule has 1 aromatic rings. The third-order valence-electron chi connectivity index (χ3n) is 5.25. The molecule has 0 aliphatic carbocycles. The molecule has 0 unspecified atom stereocenters. The quantitative estimate of drug-likeness (QED) is 0.259. The van der Waals surface area contributed by atoms with Gasteiger partial charge in [0.25, 0.3) is 0 Å². The van der Waals surface area contributed by atoms with Crippen molar-refractivity contribution >= 4 is 23.2 Å². The molecule has 1 rings (SSSR count). The van der Waals surface area contributed by atoms with E-state index in [9.17, 15) is 0 Å². The Balaban J connectivity index is 0.00000676. The maximum Gasteiger partial charge on any atom is 0.105 e. The number of hydrogen-bond donors (Lipinski definition) is 0. The molecule has 0 atom stereocenters. The van der Waals surface area contributed by atoms with Gasteiger partial charge in [-0.3, -0.25) is 0 Å². The lowest BCUT2D eigenvalue weighted by atomic mass is 10.1. The van der Waals surface area contributed by atoms with E-state index < -0.39 is 0 Å². The summed E-state index contributed by atoms with van der Waals surface area (Å²) in [6.45, 7) is 4.42. The van der Waals surface area contributed by atoms with Crippen LogP contribution in [0.1, 0.15) is 89.5 Å². The van der Waals surface area contributed by atoms with E-state index in [0.29, 0.717) is 5.02 Å². The molecular formula is C23H40Cl3N. The molecule has 0 N–H and O–H groups in total. The first-order valence-corrected chi connectivity index (χ1v) is 11.5. The molecule has 0 aromatic heterocycles. The average Bonchev–Trinajstić information content (AvgIpc) is 2.60. The Hall–Kier alpha value is 0.0500. The van der Waals surface area contributed by atoms with E-state index >= 15 is 0 Å². The van der Waals surface area contributed by atoms with Crippen LogP contribution in [0.5, 0.6) is 0 Å². The number of quaternary nitrogens is 1. The summed E-state index contributed by atoms with van der Waals surface area (Å²) >= 11 is 12.5. The minimum absolute atomic E-state index is 0. The van der Waals surface area contributed by atoms with Crippen molar-refractivity contribution in [3.8, 4) is 0 Å². The third kappa shape index (κ3) is 13.0. The largest absolute Gasteiger partial charge is 1.00 e. The molecule has 0 amide bonds. The van der Waals surface area contributed by atoms with Gasteiger partial charge in [0.15, 0.2) is 0 Å². The second kappa shape index (κ2) is 15.9. The van der Waals surface area contributed by atoms with Crippen molar-refractivity contribution in [2.75, 3.05) is 20.6 Å². The summed E-state index contributed by atoms with van der Waals surface area (Å²) in [4.78, 5) is 0. The summed E-state index contributed by atoms with van der Waals surface area (Å²) in [5.74, 6) is 0. The van der Waals surface area contributed by atoms with Crippen LogP contribution in [-0.2, 0) is 6.54 Å². The van der Waals surface area contributed by atoms with Crippen molar-refractivity contribution < 1.29 is 16.9 Å². The minimum Gasteiger partial charge on any atom is -1.00 e. The van der Waals surface area contributed by atoms with Gasteiger partial charge in [-0.25, -0.2) is 0 Å². The van der Waals surface area contributed by atoms with Crippen molar-refractivity contribution in [1.29, 1.82) is 0 Å². The first kappa shape index (κ1) is 27.0. The van der Waals surface area contributed by atoms with E-state index in [1.54, 1.807) is 0 Å². The van der Waals surface area contributed by atoms with Crippen LogP contribution < -0.4 is 12.4 Å². The van der Waals surface area contributed by atoms with Gasteiger partial charge in [-0.05, 0) is 18.9 Å². The predicted octanol–water partition coefficient (Wildman–Crippen LogP) is 5.27. The number of unbranched alkanes of at least 4 members (excludes halogenated alkanes) is 11. The second-order valence-corrected chi connectivity index (χ2v) is 9.20. The Morgan fingerprint density at radius 2 is 1.22 bits per heavy atom. The van der Waals surface area contributed by atoms with E-state index in [2.05, 4.69) is 27.1 Å². The molecule has 0 bridgehead atoms. The second-order valence-electron chi connectivity index (χ2n) is 8.42. The topological polar surface area (TPSA) is 0 Å². The first-order valence-electron chi connectivity index (χ1n) is 10.7. The van der Waals surface area contributed by atoms with Crippen LogP contribution in [0.15, 0.2) is 18.2 Å². The lowest BCUT2D eigenvalue weighted by Gasteiger charge is -2.30. The van der Waals surface area contributed by atoms with E-state index in [-0.39, 0.29) is 12.4 Å². The summed E-state index contributed by atoms with van der Waals surface area (Å²) in [6.07, 6.45) is 16.8. The van der Waals surface area contributed by atoms with Gasteiger partial charge in [-0.2, -0.15) is 0 Å². The number of halogens is 3. The van der Waals surface area contributed by atoms with Crippen LogP contribution in [0.25, 0.3) is 0 Å². The Bertz CT molecular complexity index is 489. The zero-order valence-corrected chi connectivity index (χ0v) is 20.0. The number of rotatable bonds is 15. The Morgan fingerprint density at radius 1 is 0.741 bits per heavy atom. The molecule has 0 radical (unpaired) electrons. The molecule has 0 fully saturated rings. The van der Waals surface area contributed by atoms with E-state index in [1.807, 2.05) is 12.1 Å².